The van der Waals surface area contributed by atoms with Gasteiger partial charge in [0.1, 0.15) is 0 Å². The highest BCUT2D eigenvalue weighted by molar-refractivity contribution is 6.10. The zero-order chi connectivity index (χ0) is 54.4. The van der Waals surface area contributed by atoms with Crippen LogP contribution in [0.3, 0.4) is 0 Å². The summed E-state index contributed by atoms with van der Waals surface area (Å²) >= 11 is 0. The molecule has 2 aromatic heterocycles. The Hall–Kier alpha value is -9.96. The number of rotatable bonds is 7. The number of hydrogen-bond donors (Lipinski definition) is 0. The molecule has 3 nitrogen and oxygen atoms in total. The van der Waals surface area contributed by atoms with E-state index in [-0.39, 0.29) is 0 Å². The van der Waals surface area contributed by atoms with Crippen LogP contribution in [0.25, 0.3) is 99.2 Å². The van der Waals surface area contributed by atoms with Crippen LogP contribution < -0.4 is 4.90 Å². The van der Waals surface area contributed by atoms with Gasteiger partial charge in [0.25, 0.3) is 0 Å². The number of hydrogen-bond acceptors (Lipinski definition) is 1. The highest BCUT2D eigenvalue weighted by Crippen LogP contribution is 2.42. The summed E-state index contributed by atoms with van der Waals surface area (Å²) in [4.78, 5) is 2.23. The summed E-state index contributed by atoms with van der Waals surface area (Å²) in [6.45, 7) is 0. The van der Waals surface area contributed by atoms with E-state index in [1.807, 2.05) is 0 Å². The molecule has 0 unspecified atom stereocenters. The van der Waals surface area contributed by atoms with Gasteiger partial charge in [-0.1, -0.05) is 218 Å². The molecule has 0 spiro atoms. The van der Waals surface area contributed by atoms with Crippen LogP contribution in [-0.2, 0) is 33.4 Å². The fourth-order valence-corrected chi connectivity index (χ4v) is 12.6. The molecule has 3 heteroatoms. The predicted molar refractivity (Wildman–Crippen MR) is 344 cm³/mol. The molecular formula is C78H61N3. The first-order chi connectivity index (χ1) is 39.9. The minimum Gasteiger partial charge on any atom is -0.345 e. The second kappa shape index (κ2) is 21.0. The molecule has 2 aliphatic carbocycles. The summed E-state index contributed by atoms with van der Waals surface area (Å²) in [6, 6.07) is 101. The summed E-state index contributed by atoms with van der Waals surface area (Å²) in [5.41, 5.74) is 29.1. The summed E-state index contributed by atoms with van der Waals surface area (Å²) in [5.74, 6) is 0. The first kappa shape index (κ1) is 49.3. The lowest BCUT2D eigenvalue weighted by atomic mass is 9.98. The highest BCUT2D eigenvalue weighted by atomic mass is 15.1. The van der Waals surface area contributed by atoms with Crippen molar-refractivity contribution in [3.63, 3.8) is 0 Å². The fourth-order valence-electron chi connectivity index (χ4n) is 12.6. The Labute approximate surface area is 474 Å². The molecule has 12 aromatic carbocycles. The Morgan fingerprint density at radius 3 is 1.25 bits per heavy atom. The van der Waals surface area contributed by atoms with Crippen LogP contribution in [0.4, 0.5) is 11.4 Å². The Morgan fingerprint density at radius 1 is 0.284 bits per heavy atom. The summed E-state index contributed by atoms with van der Waals surface area (Å²) in [6.07, 6.45) is 3.07. The molecule has 0 radical (unpaired) electrons. The fraction of sp³-hybridized carbons (Fsp3) is 0.0769. The van der Waals surface area contributed by atoms with E-state index in [9.17, 15) is 0 Å². The zero-order valence-corrected chi connectivity index (χ0v) is 46.0. The van der Waals surface area contributed by atoms with Gasteiger partial charge >= 0.3 is 0 Å². The van der Waals surface area contributed by atoms with Gasteiger partial charge in [-0.25, -0.2) is 0 Å². The van der Waals surface area contributed by atoms with Crippen LogP contribution in [0.1, 0.15) is 33.4 Å². The van der Waals surface area contributed by atoms with Crippen LogP contribution in [0, 0.1) is 0 Å². The maximum atomic E-state index is 2.37. The molecule has 0 N–H and O–H groups in total. The van der Waals surface area contributed by atoms with E-state index < -0.39 is 0 Å². The lowest BCUT2D eigenvalue weighted by Crippen LogP contribution is -2.08. The van der Waals surface area contributed by atoms with Crippen LogP contribution in [0.15, 0.2) is 279 Å². The van der Waals surface area contributed by atoms with E-state index in [1.165, 1.54) is 144 Å². The molecule has 0 saturated carbocycles. The van der Waals surface area contributed by atoms with Gasteiger partial charge in [-0.05, 0) is 169 Å². The first-order valence-corrected chi connectivity index (χ1v) is 28.3. The summed E-state index contributed by atoms with van der Waals surface area (Å²) in [5, 5.41) is 5.28. The zero-order valence-electron chi connectivity index (χ0n) is 46.0. The monoisotopic (exact) mass is 1040 g/mol. The van der Waals surface area contributed by atoms with E-state index in [0.29, 0.717) is 0 Å². The van der Waals surface area contributed by atoms with Crippen molar-refractivity contribution in [3.8, 4) is 55.6 Å². The van der Waals surface area contributed by atoms with Gasteiger partial charge in [-0.2, -0.15) is 0 Å². The van der Waals surface area contributed by atoms with Crippen molar-refractivity contribution < 1.29 is 0 Å². The predicted octanol–water partition coefficient (Wildman–Crippen LogP) is 19.9. The molecule has 0 aliphatic heterocycles. The molecule has 388 valence electrons. The quantitative estimate of drug-likeness (QED) is 0.155. The largest absolute Gasteiger partial charge is 0.345 e. The third-order valence-corrected chi connectivity index (χ3v) is 17.0. The van der Waals surface area contributed by atoms with Gasteiger partial charge in [-0.15, -0.1) is 0 Å². The van der Waals surface area contributed by atoms with Crippen LogP contribution in [0.5, 0.6) is 0 Å². The van der Waals surface area contributed by atoms with Crippen molar-refractivity contribution >= 4 is 55.0 Å². The maximum absolute atomic E-state index is 2.37. The van der Waals surface area contributed by atoms with E-state index in [1.54, 1.807) is 0 Å². The van der Waals surface area contributed by atoms with Crippen molar-refractivity contribution in [1.29, 1.82) is 0 Å². The van der Waals surface area contributed by atoms with Gasteiger partial charge in [0.2, 0.25) is 0 Å². The van der Waals surface area contributed by atoms with E-state index in [4.69, 9.17) is 0 Å². The topological polar surface area (TPSA) is 13.1 Å². The van der Waals surface area contributed by atoms with Crippen molar-refractivity contribution in [2.45, 2.75) is 19.3 Å². The number of aromatic nitrogens is 2. The third kappa shape index (κ3) is 9.37. The van der Waals surface area contributed by atoms with Gasteiger partial charge < -0.3 is 14.0 Å². The Balaban J connectivity index is 0.000000109. The smallest absolute Gasteiger partial charge is 0.0494 e. The Bertz CT molecular complexity index is 4640. The van der Waals surface area contributed by atoms with Crippen LogP contribution >= 0.6 is 0 Å². The number of para-hydroxylation sites is 3. The molecule has 0 bridgehead atoms. The number of benzene rings is 12. The minimum atomic E-state index is 0.976. The molecule has 14 aromatic rings. The number of nitrogens with zero attached hydrogens (tertiary/aromatic N) is 3. The number of fused-ring (bicyclic) bond motifs is 12. The van der Waals surface area contributed by atoms with Crippen molar-refractivity contribution in [3.05, 3.63) is 312 Å². The van der Waals surface area contributed by atoms with Crippen LogP contribution in [-0.4, -0.2) is 16.2 Å². The summed E-state index contributed by atoms with van der Waals surface area (Å²) < 4.78 is 4.59. The Morgan fingerprint density at radius 2 is 0.679 bits per heavy atom. The second-order valence-electron chi connectivity index (χ2n) is 21.8. The number of anilines is 2. The first-order valence-electron chi connectivity index (χ1n) is 28.3. The SMILES string of the molecule is CN(c1ccccc1)c1cccc(-c2ccc3c(c2)-c2ccccc2C3)c1.Cn1c2ccccc2c2ccc(-c3ccc(Cc4ccccc4)cc3)cc21.Cn1c2ccccc2c2ccc(-c3ccc4c(c3)-c3ccccc3C4)cc21. The molecule has 0 saturated heterocycles. The van der Waals surface area contributed by atoms with Gasteiger partial charge in [0.15, 0.2) is 0 Å². The van der Waals surface area contributed by atoms with Crippen LogP contribution in [0.2, 0.25) is 0 Å². The van der Waals surface area contributed by atoms with E-state index >= 15 is 0 Å². The molecule has 0 fully saturated rings. The maximum Gasteiger partial charge on any atom is 0.0494 e. The number of aryl methyl sites for hydroxylation is 2. The highest BCUT2D eigenvalue weighted by Gasteiger charge is 2.21. The standard InChI is InChI=1S/C26H19N.2C26H21N/c1-27-25-9-5-4-8-22(25)23-13-12-18(16-26(23)27)17-10-11-20-14-19-6-2-3-7-21(19)24(20)15-17;1-27(23-10-3-2-4-11-23)24-12-7-9-19(17-24)20-14-15-22-16-21-8-5-6-13-25(21)26(22)18-20;1-27-25-10-6-5-9-23(25)24-16-15-22(18-26(24)27)21-13-11-20(12-14-21)17-19-7-3-2-4-8-19/h2-13,15-16H,14H2,1H3;2-15,17-18H,16H2,1H3;2-16,18H,17H2,1H3. The molecular weight excluding hydrogens is 979 g/mol. The minimum absolute atomic E-state index is 0.976. The average molecular weight is 1040 g/mol. The van der Waals surface area contributed by atoms with Crippen molar-refractivity contribution in [2.75, 3.05) is 11.9 Å². The van der Waals surface area contributed by atoms with E-state index in [0.717, 1.165) is 19.3 Å². The second-order valence-corrected chi connectivity index (χ2v) is 21.8. The lowest BCUT2D eigenvalue weighted by Gasteiger charge is -2.20. The van der Waals surface area contributed by atoms with Crippen molar-refractivity contribution in [2.24, 2.45) is 14.1 Å². The molecule has 81 heavy (non-hydrogen) atoms. The van der Waals surface area contributed by atoms with Crippen molar-refractivity contribution in [1.82, 2.24) is 9.13 Å². The normalized spacial score (nSPS) is 11.8. The molecule has 0 amide bonds. The molecule has 0 atom stereocenters. The molecule has 2 heterocycles. The average Bonchev–Trinajstić information content (AvgIpc) is 4.38. The van der Waals surface area contributed by atoms with Gasteiger partial charge in [-0.3, -0.25) is 0 Å². The third-order valence-electron chi connectivity index (χ3n) is 17.0. The van der Waals surface area contributed by atoms with Gasteiger partial charge in [0, 0.05) is 76.1 Å². The van der Waals surface area contributed by atoms with Gasteiger partial charge in [0.05, 0.1) is 0 Å². The van der Waals surface area contributed by atoms with E-state index in [2.05, 4.69) is 314 Å². The summed E-state index contributed by atoms with van der Waals surface area (Å²) in [7, 11) is 6.43. The lowest BCUT2D eigenvalue weighted by molar-refractivity contribution is 1.01. The molecule has 16 rings (SSSR count). The Kier molecular flexibility index (Phi) is 12.8. The molecule has 2 aliphatic rings.